The maximum atomic E-state index is 12.8. The number of nitrogens with zero attached hydrogens (tertiary/aromatic N) is 1. The second kappa shape index (κ2) is 7.06. The van der Waals surface area contributed by atoms with Crippen LogP contribution < -0.4 is 10.1 Å². The number of sulfonamides is 1. The van der Waals surface area contributed by atoms with Gasteiger partial charge in [-0.15, -0.1) is 0 Å². The van der Waals surface area contributed by atoms with Crippen LogP contribution in [-0.2, 0) is 16.4 Å². The number of likely N-dealkylation sites (N-methyl/N-ethyl adjacent to an activating group) is 1. The van der Waals surface area contributed by atoms with E-state index < -0.39 is 10.0 Å². The first-order valence-electron chi connectivity index (χ1n) is 7.06. The Morgan fingerprint density at radius 1 is 1.33 bits per heavy atom. The maximum Gasteiger partial charge on any atom is 0.243 e. The van der Waals surface area contributed by atoms with E-state index in [2.05, 4.69) is 5.32 Å². The number of hydrogen-bond acceptors (Lipinski definition) is 4. The van der Waals surface area contributed by atoms with E-state index >= 15 is 0 Å². The van der Waals surface area contributed by atoms with Crippen LogP contribution >= 0.6 is 0 Å². The molecule has 0 aromatic heterocycles. The van der Waals surface area contributed by atoms with Crippen LogP contribution in [0.15, 0.2) is 35.2 Å². The lowest BCUT2D eigenvalue weighted by molar-refractivity contribution is 0.413. The lowest BCUT2D eigenvalue weighted by atomic mass is 10.1. The molecule has 0 saturated heterocycles. The van der Waals surface area contributed by atoms with E-state index in [1.165, 1.54) is 4.31 Å². The molecule has 1 aromatic rings. The van der Waals surface area contributed by atoms with Crippen molar-refractivity contribution in [3.05, 3.63) is 35.9 Å². The monoisotopic (exact) mass is 310 g/mol. The van der Waals surface area contributed by atoms with Crippen molar-refractivity contribution in [3.8, 4) is 5.75 Å². The van der Waals surface area contributed by atoms with Gasteiger partial charge in [-0.1, -0.05) is 12.2 Å². The van der Waals surface area contributed by atoms with Crippen LogP contribution in [0.1, 0.15) is 12.0 Å². The molecule has 116 valence electrons. The van der Waals surface area contributed by atoms with Crippen LogP contribution in [0.4, 0.5) is 0 Å². The summed E-state index contributed by atoms with van der Waals surface area (Å²) >= 11 is 0. The summed E-state index contributed by atoms with van der Waals surface area (Å²) in [5, 5.41) is 3.05. The van der Waals surface area contributed by atoms with Crippen LogP contribution in [0.2, 0.25) is 0 Å². The molecule has 0 fully saturated rings. The second-order valence-corrected chi connectivity index (χ2v) is 6.86. The SMILES string of the molecule is CNCCc1cc(OC)ccc1S(=O)(=O)N1CC=CCC1. The summed E-state index contributed by atoms with van der Waals surface area (Å²) in [7, 11) is -0.0143. The number of rotatable bonds is 6. The van der Waals surface area contributed by atoms with Gasteiger partial charge in [-0.2, -0.15) is 4.31 Å². The van der Waals surface area contributed by atoms with Gasteiger partial charge in [-0.25, -0.2) is 8.42 Å². The zero-order chi connectivity index (χ0) is 15.3. The van der Waals surface area contributed by atoms with Crippen molar-refractivity contribution in [3.63, 3.8) is 0 Å². The van der Waals surface area contributed by atoms with Crippen molar-refractivity contribution < 1.29 is 13.2 Å². The molecule has 21 heavy (non-hydrogen) atoms. The number of hydrogen-bond donors (Lipinski definition) is 1. The topological polar surface area (TPSA) is 58.6 Å². The highest BCUT2D eigenvalue weighted by atomic mass is 32.2. The lowest BCUT2D eigenvalue weighted by Gasteiger charge is -2.24. The van der Waals surface area contributed by atoms with E-state index in [0.29, 0.717) is 30.2 Å². The molecule has 6 heteroatoms. The summed E-state index contributed by atoms with van der Waals surface area (Å²) in [6.07, 6.45) is 5.33. The van der Waals surface area contributed by atoms with Gasteiger partial charge in [0.25, 0.3) is 0 Å². The third kappa shape index (κ3) is 3.64. The highest BCUT2D eigenvalue weighted by molar-refractivity contribution is 7.89. The quantitative estimate of drug-likeness (QED) is 0.807. The summed E-state index contributed by atoms with van der Waals surface area (Å²) in [4.78, 5) is 0.383. The molecule has 5 nitrogen and oxygen atoms in total. The van der Waals surface area contributed by atoms with Gasteiger partial charge in [0, 0.05) is 13.1 Å². The molecule has 1 N–H and O–H groups in total. The van der Waals surface area contributed by atoms with Gasteiger partial charge in [-0.3, -0.25) is 0 Å². The zero-order valence-electron chi connectivity index (χ0n) is 12.5. The summed E-state index contributed by atoms with van der Waals surface area (Å²) in [5.41, 5.74) is 0.790. The third-order valence-electron chi connectivity index (χ3n) is 3.55. The molecular weight excluding hydrogens is 288 g/mol. The van der Waals surface area contributed by atoms with Crippen LogP contribution in [0, 0.1) is 0 Å². The fourth-order valence-electron chi connectivity index (χ4n) is 2.37. The van der Waals surface area contributed by atoms with Gasteiger partial charge in [-0.05, 0) is 50.2 Å². The minimum atomic E-state index is -3.45. The molecule has 0 atom stereocenters. The van der Waals surface area contributed by atoms with E-state index in [9.17, 15) is 8.42 Å². The Morgan fingerprint density at radius 3 is 2.76 bits per heavy atom. The molecule has 0 amide bonds. The number of benzene rings is 1. The Hall–Kier alpha value is -1.37. The first-order chi connectivity index (χ1) is 10.1. The van der Waals surface area contributed by atoms with Crippen molar-refractivity contribution >= 4 is 10.0 Å². The summed E-state index contributed by atoms with van der Waals surface area (Å²) < 4.78 is 32.3. The fraction of sp³-hybridized carbons (Fsp3) is 0.467. The van der Waals surface area contributed by atoms with Crippen LogP contribution in [-0.4, -0.2) is 46.5 Å². The maximum absolute atomic E-state index is 12.8. The molecule has 0 bridgehead atoms. The largest absolute Gasteiger partial charge is 0.497 e. The molecule has 0 saturated carbocycles. The molecule has 2 rings (SSSR count). The minimum Gasteiger partial charge on any atom is -0.497 e. The Labute approximate surface area is 126 Å². The molecule has 1 aromatic carbocycles. The fourth-order valence-corrected chi connectivity index (χ4v) is 4.01. The predicted octanol–water partition coefficient (Wildman–Crippen LogP) is 1.41. The molecule has 0 aliphatic carbocycles. The standard InChI is InChI=1S/C15H22N2O3S/c1-16-9-8-13-12-14(20-2)6-7-15(13)21(18,19)17-10-4-3-5-11-17/h3-4,6-7,12,16H,5,8-11H2,1-2H3. The molecule has 0 spiro atoms. The van der Waals surface area contributed by atoms with Crippen molar-refractivity contribution in [1.82, 2.24) is 9.62 Å². The molecule has 0 unspecified atom stereocenters. The number of ether oxygens (including phenoxy) is 1. The number of methoxy groups -OCH3 is 1. The van der Waals surface area contributed by atoms with Crippen LogP contribution in [0.3, 0.4) is 0 Å². The van der Waals surface area contributed by atoms with Gasteiger partial charge < -0.3 is 10.1 Å². The van der Waals surface area contributed by atoms with E-state index in [1.807, 2.05) is 25.3 Å². The van der Waals surface area contributed by atoms with Gasteiger partial charge in [0.1, 0.15) is 5.75 Å². The molecule has 1 aliphatic rings. The average Bonchev–Trinajstić information content (AvgIpc) is 2.53. The highest BCUT2D eigenvalue weighted by Gasteiger charge is 2.26. The molecule has 1 heterocycles. The van der Waals surface area contributed by atoms with Gasteiger partial charge in [0.2, 0.25) is 10.0 Å². The average molecular weight is 310 g/mol. The lowest BCUT2D eigenvalue weighted by Crippen LogP contribution is -2.34. The van der Waals surface area contributed by atoms with Crippen LogP contribution in [0.5, 0.6) is 5.75 Å². The third-order valence-corrected chi connectivity index (χ3v) is 5.52. The highest BCUT2D eigenvalue weighted by Crippen LogP contribution is 2.26. The molecule has 0 radical (unpaired) electrons. The summed E-state index contributed by atoms with van der Waals surface area (Å²) in [6, 6.07) is 5.16. The summed E-state index contributed by atoms with van der Waals surface area (Å²) in [5.74, 6) is 0.679. The predicted molar refractivity (Wildman–Crippen MR) is 83.1 cm³/mol. The van der Waals surface area contributed by atoms with Crippen LogP contribution in [0.25, 0.3) is 0 Å². The molecule has 1 aliphatic heterocycles. The van der Waals surface area contributed by atoms with E-state index in [4.69, 9.17) is 4.74 Å². The van der Waals surface area contributed by atoms with E-state index in [-0.39, 0.29) is 0 Å². The van der Waals surface area contributed by atoms with Crippen molar-refractivity contribution in [2.45, 2.75) is 17.7 Å². The van der Waals surface area contributed by atoms with Crippen molar-refractivity contribution in [2.24, 2.45) is 0 Å². The Kier molecular flexibility index (Phi) is 5.39. The van der Waals surface area contributed by atoms with Gasteiger partial charge in [0.15, 0.2) is 0 Å². The second-order valence-electron chi connectivity index (χ2n) is 4.95. The van der Waals surface area contributed by atoms with Gasteiger partial charge in [0.05, 0.1) is 12.0 Å². The number of nitrogens with one attached hydrogen (secondary N) is 1. The molecular formula is C15H22N2O3S. The van der Waals surface area contributed by atoms with Gasteiger partial charge >= 0.3 is 0 Å². The Bertz CT molecular complexity index is 611. The summed E-state index contributed by atoms with van der Waals surface area (Å²) in [6.45, 7) is 1.70. The minimum absolute atomic E-state index is 0.383. The van der Waals surface area contributed by atoms with E-state index in [0.717, 1.165) is 18.5 Å². The zero-order valence-corrected chi connectivity index (χ0v) is 13.3. The first kappa shape index (κ1) is 16.0. The first-order valence-corrected chi connectivity index (χ1v) is 8.50. The van der Waals surface area contributed by atoms with Crippen molar-refractivity contribution in [1.29, 1.82) is 0 Å². The Morgan fingerprint density at radius 2 is 2.14 bits per heavy atom. The Balaban J connectivity index is 2.38. The normalized spacial score (nSPS) is 16.1. The van der Waals surface area contributed by atoms with Crippen molar-refractivity contribution in [2.75, 3.05) is 33.8 Å². The smallest absolute Gasteiger partial charge is 0.243 e. The van der Waals surface area contributed by atoms with E-state index in [1.54, 1.807) is 19.2 Å².